The Morgan fingerprint density at radius 3 is 2.94 bits per heavy atom. The van der Waals surface area contributed by atoms with E-state index < -0.39 is 0 Å². The van der Waals surface area contributed by atoms with Crippen LogP contribution in [0.4, 0.5) is 5.69 Å². The van der Waals surface area contributed by atoms with Crippen molar-refractivity contribution in [2.75, 3.05) is 11.9 Å². The summed E-state index contributed by atoms with van der Waals surface area (Å²) < 4.78 is 5.50. The van der Waals surface area contributed by atoms with Crippen LogP contribution in [-0.4, -0.2) is 12.6 Å². The fraction of sp³-hybridized carbons (Fsp3) is 0.571. The number of ether oxygens (including phenoxy) is 1. The van der Waals surface area contributed by atoms with Gasteiger partial charge in [0.25, 0.3) is 0 Å². The molecule has 16 heavy (non-hydrogen) atoms. The molecule has 88 valence electrons. The SMILES string of the molecule is CCOc1cccc(NC2CCCC2C)c1. The van der Waals surface area contributed by atoms with Gasteiger partial charge < -0.3 is 10.1 Å². The topological polar surface area (TPSA) is 21.3 Å². The van der Waals surface area contributed by atoms with Crippen molar-refractivity contribution >= 4 is 5.69 Å². The average Bonchev–Trinajstić information content (AvgIpc) is 2.66. The summed E-state index contributed by atoms with van der Waals surface area (Å²) in [4.78, 5) is 0. The van der Waals surface area contributed by atoms with Crippen LogP contribution in [0.3, 0.4) is 0 Å². The Bertz CT molecular complexity index is 337. The second-order valence-electron chi connectivity index (χ2n) is 4.62. The van der Waals surface area contributed by atoms with E-state index in [1.807, 2.05) is 19.1 Å². The maximum Gasteiger partial charge on any atom is 0.121 e. The Balaban J connectivity index is 2.00. The molecule has 1 fully saturated rings. The van der Waals surface area contributed by atoms with Crippen LogP contribution < -0.4 is 10.1 Å². The lowest BCUT2D eigenvalue weighted by molar-refractivity contribution is 0.340. The van der Waals surface area contributed by atoms with Gasteiger partial charge in [-0.15, -0.1) is 0 Å². The minimum Gasteiger partial charge on any atom is -0.494 e. The highest BCUT2D eigenvalue weighted by Crippen LogP contribution is 2.28. The maximum absolute atomic E-state index is 5.50. The van der Waals surface area contributed by atoms with Crippen LogP contribution in [0, 0.1) is 5.92 Å². The monoisotopic (exact) mass is 219 g/mol. The zero-order chi connectivity index (χ0) is 11.4. The minimum atomic E-state index is 0.636. The van der Waals surface area contributed by atoms with Crippen LogP contribution in [0.15, 0.2) is 24.3 Å². The van der Waals surface area contributed by atoms with Crippen molar-refractivity contribution in [2.45, 2.75) is 39.2 Å². The van der Waals surface area contributed by atoms with Crippen molar-refractivity contribution in [1.82, 2.24) is 0 Å². The Kier molecular flexibility index (Phi) is 3.70. The second-order valence-corrected chi connectivity index (χ2v) is 4.62. The molecule has 1 aromatic carbocycles. The van der Waals surface area contributed by atoms with Crippen molar-refractivity contribution in [2.24, 2.45) is 5.92 Å². The molecule has 1 aliphatic carbocycles. The lowest BCUT2D eigenvalue weighted by Crippen LogP contribution is -2.21. The molecule has 0 spiro atoms. The van der Waals surface area contributed by atoms with E-state index in [0.29, 0.717) is 6.04 Å². The van der Waals surface area contributed by atoms with Gasteiger partial charge in [-0.05, 0) is 37.8 Å². The van der Waals surface area contributed by atoms with E-state index in [2.05, 4.69) is 24.4 Å². The summed E-state index contributed by atoms with van der Waals surface area (Å²) in [7, 11) is 0. The molecule has 0 aliphatic heterocycles. The van der Waals surface area contributed by atoms with Gasteiger partial charge in [0.05, 0.1) is 6.61 Å². The molecule has 0 amide bonds. The Hall–Kier alpha value is -1.18. The Morgan fingerprint density at radius 2 is 2.25 bits per heavy atom. The van der Waals surface area contributed by atoms with Gasteiger partial charge in [0.1, 0.15) is 5.75 Å². The first-order valence-electron chi connectivity index (χ1n) is 6.29. The van der Waals surface area contributed by atoms with Crippen LogP contribution in [0.5, 0.6) is 5.75 Å². The summed E-state index contributed by atoms with van der Waals surface area (Å²) >= 11 is 0. The van der Waals surface area contributed by atoms with Crippen molar-refractivity contribution in [3.8, 4) is 5.75 Å². The number of hydrogen-bond donors (Lipinski definition) is 1. The number of nitrogens with one attached hydrogen (secondary N) is 1. The fourth-order valence-electron chi connectivity index (χ4n) is 2.42. The molecule has 2 heteroatoms. The van der Waals surface area contributed by atoms with Crippen molar-refractivity contribution in [3.63, 3.8) is 0 Å². The normalized spacial score (nSPS) is 24.4. The van der Waals surface area contributed by atoms with E-state index in [-0.39, 0.29) is 0 Å². The fourth-order valence-corrected chi connectivity index (χ4v) is 2.42. The quantitative estimate of drug-likeness (QED) is 0.834. The summed E-state index contributed by atoms with van der Waals surface area (Å²) in [6, 6.07) is 8.90. The molecular formula is C14H21NO. The van der Waals surface area contributed by atoms with Crippen LogP contribution in [0.25, 0.3) is 0 Å². The summed E-state index contributed by atoms with van der Waals surface area (Å²) in [5.74, 6) is 1.74. The largest absolute Gasteiger partial charge is 0.494 e. The molecule has 0 radical (unpaired) electrons. The molecule has 1 aromatic rings. The molecule has 2 rings (SSSR count). The predicted molar refractivity (Wildman–Crippen MR) is 68.0 cm³/mol. The summed E-state index contributed by atoms with van der Waals surface area (Å²) in [6.45, 7) is 5.07. The van der Waals surface area contributed by atoms with Gasteiger partial charge in [-0.3, -0.25) is 0 Å². The van der Waals surface area contributed by atoms with Gasteiger partial charge >= 0.3 is 0 Å². The molecule has 2 unspecified atom stereocenters. The van der Waals surface area contributed by atoms with E-state index in [1.54, 1.807) is 0 Å². The van der Waals surface area contributed by atoms with Crippen LogP contribution in [0.2, 0.25) is 0 Å². The highest BCUT2D eigenvalue weighted by molar-refractivity contribution is 5.49. The van der Waals surface area contributed by atoms with Gasteiger partial charge in [0, 0.05) is 17.8 Å². The summed E-state index contributed by atoms with van der Waals surface area (Å²) in [6.07, 6.45) is 3.99. The zero-order valence-electron chi connectivity index (χ0n) is 10.2. The first kappa shape index (κ1) is 11.3. The third-order valence-corrected chi connectivity index (χ3v) is 3.36. The molecule has 0 bridgehead atoms. The number of anilines is 1. The van der Waals surface area contributed by atoms with Crippen LogP contribution in [-0.2, 0) is 0 Å². The van der Waals surface area contributed by atoms with Gasteiger partial charge in [0.2, 0.25) is 0 Å². The van der Waals surface area contributed by atoms with Crippen LogP contribution in [0.1, 0.15) is 33.1 Å². The lowest BCUT2D eigenvalue weighted by atomic mass is 10.1. The van der Waals surface area contributed by atoms with Gasteiger partial charge in [0.15, 0.2) is 0 Å². The zero-order valence-corrected chi connectivity index (χ0v) is 10.2. The molecule has 1 aliphatic rings. The molecule has 0 aromatic heterocycles. The van der Waals surface area contributed by atoms with Gasteiger partial charge in [-0.2, -0.15) is 0 Å². The standard InChI is InChI=1S/C14H21NO/c1-3-16-13-8-5-7-12(10-13)15-14-9-4-6-11(14)2/h5,7-8,10-11,14-15H,3-4,6,9H2,1-2H3. The van der Waals surface area contributed by atoms with Crippen molar-refractivity contribution in [3.05, 3.63) is 24.3 Å². The third kappa shape index (κ3) is 2.69. The summed E-state index contributed by atoms with van der Waals surface area (Å²) in [5, 5.41) is 3.61. The molecule has 2 nitrogen and oxygen atoms in total. The molecule has 2 atom stereocenters. The second kappa shape index (κ2) is 5.24. The van der Waals surface area contributed by atoms with Crippen LogP contribution >= 0.6 is 0 Å². The first-order chi connectivity index (χ1) is 7.79. The smallest absolute Gasteiger partial charge is 0.121 e. The van der Waals surface area contributed by atoms with Gasteiger partial charge in [-0.25, -0.2) is 0 Å². The lowest BCUT2D eigenvalue weighted by Gasteiger charge is -2.19. The van der Waals surface area contributed by atoms with E-state index in [0.717, 1.165) is 18.3 Å². The number of hydrogen-bond acceptors (Lipinski definition) is 2. The third-order valence-electron chi connectivity index (χ3n) is 3.36. The molecule has 1 N–H and O–H groups in total. The highest BCUT2D eigenvalue weighted by atomic mass is 16.5. The van der Waals surface area contributed by atoms with E-state index in [9.17, 15) is 0 Å². The van der Waals surface area contributed by atoms with E-state index >= 15 is 0 Å². The molecule has 0 saturated heterocycles. The van der Waals surface area contributed by atoms with Crippen molar-refractivity contribution < 1.29 is 4.74 Å². The molecule has 1 saturated carbocycles. The Labute approximate surface area is 98.0 Å². The average molecular weight is 219 g/mol. The minimum absolute atomic E-state index is 0.636. The highest BCUT2D eigenvalue weighted by Gasteiger charge is 2.22. The summed E-state index contributed by atoms with van der Waals surface area (Å²) in [5.41, 5.74) is 1.18. The first-order valence-corrected chi connectivity index (χ1v) is 6.29. The predicted octanol–water partition coefficient (Wildman–Crippen LogP) is 3.69. The molecule has 0 heterocycles. The Morgan fingerprint density at radius 1 is 1.38 bits per heavy atom. The molecular weight excluding hydrogens is 198 g/mol. The maximum atomic E-state index is 5.50. The van der Waals surface area contributed by atoms with E-state index in [1.165, 1.54) is 24.9 Å². The number of rotatable bonds is 4. The van der Waals surface area contributed by atoms with E-state index in [4.69, 9.17) is 4.74 Å². The van der Waals surface area contributed by atoms with Crippen molar-refractivity contribution in [1.29, 1.82) is 0 Å². The van der Waals surface area contributed by atoms with Gasteiger partial charge in [-0.1, -0.05) is 19.4 Å². The number of benzene rings is 1.